The summed E-state index contributed by atoms with van der Waals surface area (Å²) in [6, 6.07) is 22.3. The second-order valence-corrected chi connectivity index (χ2v) is 15.0. The van der Waals surface area contributed by atoms with E-state index in [1.807, 2.05) is 30.3 Å². The Morgan fingerprint density at radius 3 is 1.59 bits per heavy atom. The Balaban J connectivity index is 1.58. The maximum absolute atomic E-state index is 12.4. The van der Waals surface area contributed by atoms with Crippen molar-refractivity contribution >= 4 is 46.2 Å². The van der Waals surface area contributed by atoms with Crippen LogP contribution in [0.15, 0.2) is 72.8 Å². The third-order valence-electron chi connectivity index (χ3n) is 11.2. The molecule has 3 aromatic heterocycles. The zero-order chi connectivity index (χ0) is 40.8. The van der Waals surface area contributed by atoms with Crippen molar-refractivity contribution in [3.63, 3.8) is 0 Å². The molecule has 2 atom stereocenters. The van der Waals surface area contributed by atoms with Crippen molar-refractivity contribution in [3.8, 4) is 22.3 Å². The minimum absolute atomic E-state index is 0.313. The van der Waals surface area contributed by atoms with Crippen molar-refractivity contribution < 1.29 is 29.3 Å². The number of hydrogen-bond donors (Lipinski definition) is 4. The number of aryl methyl sites for hydroxylation is 2. The molecule has 58 heavy (non-hydrogen) atoms. The molecule has 300 valence electrons. The van der Waals surface area contributed by atoms with Crippen LogP contribution in [0.1, 0.15) is 132 Å². The van der Waals surface area contributed by atoms with E-state index in [1.54, 1.807) is 36.4 Å². The smallest absolute Gasteiger partial charge is 0.337 e. The van der Waals surface area contributed by atoms with Crippen LogP contribution in [0.3, 0.4) is 0 Å². The molecular weight excluding hydrogens is 729 g/mol. The summed E-state index contributed by atoms with van der Waals surface area (Å²) < 4.78 is 9.94. The van der Waals surface area contributed by atoms with Crippen molar-refractivity contribution in [2.24, 2.45) is 0 Å². The number of unbranched alkanes of at least 4 members (excludes halogenated alkanes) is 6. The number of aromatic nitrogens is 4. The van der Waals surface area contributed by atoms with Crippen LogP contribution in [-0.4, -0.2) is 56.3 Å². The molecule has 4 N–H and O–H groups in total. The summed E-state index contributed by atoms with van der Waals surface area (Å²) in [5.74, 6) is -0.889. The maximum atomic E-state index is 12.4. The normalized spacial score (nSPS) is 14.8. The molecule has 10 heteroatoms. The fraction of sp³-hybridized carbons (Fsp3) is 0.333. The minimum atomic E-state index is -1.33. The molecule has 0 saturated heterocycles. The summed E-state index contributed by atoms with van der Waals surface area (Å²) >= 11 is 0. The van der Waals surface area contributed by atoms with Gasteiger partial charge in [0.2, 0.25) is 0 Å². The molecule has 2 aliphatic heterocycles. The number of fused-ring (bicyclic) bond motifs is 8. The summed E-state index contributed by atoms with van der Waals surface area (Å²) in [5, 5.41) is 23.9. The first kappa shape index (κ1) is 40.4. The van der Waals surface area contributed by atoms with Gasteiger partial charge in [0.05, 0.1) is 48.1 Å². The van der Waals surface area contributed by atoms with Gasteiger partial charge in [0.1, 0.15) is 12.2 Å². The molecule has 0 saturated carbocycles. The average Bonchev–Trinajstić information content (AvgIpc) is 4.08. The van der Waals surface area contributed by atoms with E-state index < -0.39 is 24.1 Å². The lowest BCUT2D eigenvalue weighted by atomic mass is 9.97. The largest absolute Gasteiger partial charge is 0.465 e. The van der Waals surface area contributed by atoms with Gasteiger partial charge in [-0.25, -0.2) is 14.6 Å². The van der Waals surface area contributed by atoms with Crippen LogP contribution in [0.25, 0.3) is 56.5 Å². The minimum Gasteiger partial charge on any atom is -0.465 e. The van der Waals surface area contributed by atoms with Crippen LogP contribution in [0.2, 0.25) is 0 Å². The zero-order valence-electron chi connectivity index (χ0n) is 33.7. The zero-order valence-corrected chi connectivity index (χ0v) is 33.7. The van der Waals surface area contributed by atoms with Gasteiger partial charge in [-0.2, -0.15) is 0 Å². The summed E-state index contributed by atoms with van der Waals surface area (Å²) in [6.07, 6.45) is 11.5. The number of ether oxygens (including phenoxy) is 2. The van der Waals surface area contributed by atoms with Crippen molar-refractivity contribution in [1.82, 2.24) is 19.9 Å². The van der Waals surface area contributed by atoms with E-state index in [9.17, 15) is 19.8 Å². The van der Waals surface area contributed by atoms with E-state index in [0.717, 1.165) is 108 Å². The van der Waals surface area contributed by atoms with Crippen molar-refractivity contribution in [3.05, 3.63) is 118 Å². The molecule has 8 bridgehead atoms. The van der Waals surface area contributed by atoms with E-state index in [0.29, 0.717) is 45.6 Å². The average molecular weight is 781 g/mol. The molecule has 0 fully saturated rings. The summed E-state index contributed by atoms with van der Waals surface area (Å²) in [6.45, 7) is 4.39. The SMILES string of the molecule is CCCCCCc1c2nc(c(-c3ccc(C(=O)OC)cc3)c3ccc([nH]3)c(-c3ccc(C(=O)OC)cc3)c3nc(c(CCCCCC)c4ccc1[nH]4)C(O)C3O)C=C2. The molecule has 0 spiro atoms. The number of hydrogen-bond acceptors (Lipinski definition) is 8. The molecule has 5 aromatic rings. The number of nitrogens with zero attached hydrogens (tertiary/aromatic N) is 2. The van der Waals surface area contributed by atoms with Gasteiger partial charge >= 0.3 is 11.9 Å². The second kappa shape index (κ2) is 18.2. The van der Waals surface area contributed by atoms with Crippen LogP contribution in [0, 0.1) is 0 Å². The Morgan fingerprint density at radius 1 is 0.552 bits per heavy atom. The van der Waals surface area contributed by atoms with Crippen LogP contribution < -0.4 is 0 Å². The number of aliphatic hydroxyl groups excluding tert-OH is 2. The van der Waals surface area contributed by atoms with Gasteiger partial charge in [-0.05, 0) is 103 Å². The first-order valence-corrected chi connectivity index (χ1v) is 20.5. The third-order valence-corrected chi connectivity index (χ3v) is 11.2. The molecule has 0 radical (unpaired) electrons. The van der Waals surface area contributed by atoms with Gasteiger partial charge in [0.25, 0.3) is 0 Å². The molecule has 5 heterocycles. The highest BCUT2D eigenvalue weighted by Gasteiger charge is 2.34. The van der Waals surface area contributed by atoms with E-state index in [1.165, 1.54) is 14.2 Å². The Bertz CT molecular complexity index is 2480. The standard InChI is InChI=1S/C48H52N4O6/c1-5-7-9-11-13-33-35-23-24-37(49-35)34(14-12-10-8-6-2)43-45(53)46(54)44(52-43)42(30-17-21-32(22-18-30)48(56)58-4)40-28-27-39(51-40)41(38-26-25-36(33)50-38)29-15-19-31(20-16-29)47(55)57-3/h15-28,45-46,49,51,53-54H,5-14H2,1-4H3. The maximum Gasteiger partial charge on any atom is 0.337 e. The van der Waals surface area contributed by atoms with Gasteiger partial charge in [0, 0.05) is 38.8 Å². The number of aromatic amines is 2. The molecule has 0 aliphatic carbocycles. The highest BCUT2D eigenvalue weighted by Crippen LogP contribution is 2.42. The summed E-state index contributed by atoms with van der Waals surface area (Å²) in [4.78, 5) is 42.6. The van der Waals surface area contributed by atoms with Gasteiger partial charge in [-0.15, -0.1) is 0 Å². The van der Waals surface area contributed by atoms with Gasteiger partial charge < -0.3 is 29.7 Å². The van der Waals surface area contributed by atoms with Crippen LogP contribution >= 0.6 is 0 Å². The number of carbonyl (C=O) groups is 2. The van der Waals surface area contributed by atoms with Crippen molar-refractivity contribution in [2.75, 3.05) is 14.2 Å². The highest BCUT2D eigenvalue weighted by atomic mass is 16.5. The fourth-order valence-corrected chi connectivity index (χ4v) is 8.04. The number of nitrogens with one attached hydrogen (secondary N) is 2. The molecule has 7 rings (SSSR count). The van der Waals surface area contributed by atoms with E-state index in [4.69, 9.17) is 19.4 Å². The predicted octanol–water partition coefficient (Wildman–Crippen LogP) is 10.4. The molecule has 2 unspecified atom stereocenters. The van der Waals surface area contributed by atoms with Gasteiger partial charge in [-0.3, -0.25) is 4.98 Å². The Labute approximate surface area is 339 Å². The number of benzene rings is 2. The first-order chi connectivity index (χ1) is 28.3. The molecule has 10 nitrogen and oxygen atoms in total. The van der Waals surface area contributed by atoms with Gasteiger partial charge in [0.15, 0.2) is 0 Å². The molecule has 2 aliphatic rings. The monoisotopic (exact) mass is 780 g/mol. The molecule has 0 amide bonds. The number of rotatable bonds is 14. The molecule has 2 aromatic carbocycles. The topological polar surface area (TPSA) is 150 Å². The summed E-state index contributed by atoms with van der Waals surface area (Å²) in [7, 11) is 2.70. The molecular formula is C48H52N4O6. The van der Waals surface area contributed by atoms with Gasteiger partial charge in [-0.1, -0.05) is 76.6 Å². The fourth-order valence-electron chi connectivity index (χ4n) is 8.04. The highest BCUT2D eigenvalue weighted by molar-refractivity contribution is 5.96. The van der Waals surface area contributed by atoms with E-state index in [-0.39, 0.29) is 0 Å². The Hall–Kier alpha value is -5.84. The van der Waals surface area contributed by atoms with Crippen LogP contribution in [0.4, 0.5) is 0 Å². The number of H-pyrrole nitrogens is 2. The van der Waals surface area contributed by atoms with E-state index in [2.05, 4.69) is 42.0 Å². The first-order valence-electron chi connectivity index (χ1n) is 20.5. The Morgan fingerprint density at radius 2 is 1.02 bits per heavy atom. The number of aliphatic hydroxyl groups is 2. The lowest BCUT2D eigenvalue weighted by Crippen LogP contribution is -2.06. The van der Waals surface area contributed by atoms with Crippen LogP contribution in [0.5, 0.6) is 0 Å². The number of carbonyl (C=O) groups excluding carboxylic acids is 2. The quantitative estimate of drug-likeness (QED) is 0.0630. The van der Waals surface area contributed by atoms with Crippen molar-refractivity contribution in [2.45, 2.75) is 90.3 Å². The third kappa shape index (κ3) is 8.26. The summed E-state index contributed by atoms with van der Waals surface area (Å²) in [5.41, 5.74) is 11.2. The number of esters is 2. The number of methoxy groups -OCH3 is 2. The van der Waals surface area contributed by atoms with Crippen molar-refractivity contribution in [1.29, 1.82) is 0 Å². The Kier molecular flexibility index (Phi) is 12.6. The predicted molar refractivity (Wildman–Crippen MR) is 229 cm³/mol. The lowest BCUT2D eigenvalue weighted by Gasteiger charge is -2.13. The second-order valence-electron chi connectivity index (χ2n) is 15.0. The van der Waals surface area contributed by atoms with Crippen LogP contribution in [-0.2, 0) is 22.3 Å². The van der Waals surface area contributed by atoms with E-state index >= 15 is 0 Å². The lowest BCUT2D eigenvalue weighted by molar-refractivity contribution is 0.0252.